The third kappa shape index (κ3) is 8.28. The zero-order valence-corrected chi connectivity index (χ0v) is 55.0. The lowest BCUT2D eigenvalue weighted by Gasteiger charge is -2.04. The maximum absolute atomic E-state index is 8.00. The summed E-state index contributed by atoms with van der Waals surface area (Å²) >= 11 is 1.84. The third-order valence-corrected chi connectivity index (χ3v) is 21.0. The van der Waals surface area contributed by atoms with Crippen molar-refractivity contribution in [3.63, 3.8) is 0 Å². The molecule has 28 nitrogen and oxygen atoms in total. The molecule has 0 saturated heterocycles. The van der Waals surface area contributed by atoms with E-state index in [1.807, 2.05) is 140 Å². The molecule has 26 rings (SSSR count). The van der Waals surface area contributed by atoms with Gasteiger partial charge >= 0.3 is 28.6 Å². The average molecular weight is 1370 g/mol. The van der Waals surface area contributed by atoms with E-state index >= 15 is 0 Å². The smallest absolute Gasteiger partial charge is 0.392 e. The average Bonchev–Trinajstić information content (AvgIpc) is 1.55. The molecule has 5 aliphatic heterocycles. The molecule has 5 aliphatic rings. The van der Waals surface area contributed by atoms with Crippen LogP contribution in [0.4, 0.5) is 0 Å². The second-order valence-electron chi connectivity index (χ2n) is 25.3. The Kier molecular flexibility index (Phi) is 11.4. The van der Waals surface area contributed by atoms with Crippen LogP contribution in [0.3, 0.4) is 0 Å². The quantitative estimate of drug-likeness (QED) is 0.143. The lowest BCUT2D eigenvalue weighted by molar-refractivity contribution is -0.651. The highest BCUT2D eigenvalue weighted by Crippen LogP contribution is 2.39. The summed E-state index contributed by atoms with van der Waals surface area (Å²) in [5.41, 5.74) is 21.9. The Labute approximate surface area is 587 Å². The van der Waals surface area contributed by atoms with Gasteiger partial charge in [-0.25, -0.2) is 55.7 Å². The van der Waals surface area contributed by atoms with Crippen LogP contribution in [0.25, 0.3) is 146 Å². The summed E-state index contributed by atoms with van der Waals surface area (Å²) in [7, 11) is 2.07. The van der Waals surface area contributed by atoms with Crippen molar-refractivity contribution < 1.29 is 31.4 Å². The van der Waals surface area contributed by atoms with Gasteiger partial charge in [-0.3, -0.25) is 24.9 Å². The second kappa shape index (κ2) is 21.7. The molecular weight excluding hydrogens is 1320 g/mol. The Morgan fingerprint density at radius 2 is 0.990 bits per heavy atom. The zero-order valence-electron chi connectivity index (χ0n) is 57.2. The summed E-state index contributed by atoms with van der Waals surface area (Å²) in [4.78, 5) is 56.7. The SMILES string of the molecule is C[n+]1c2n(c3nc4ncccn4c31)Cc1cnccc1-2.[2H]C([2H])([2H])[n+]1c2n(c3nc4ncccn4c31)Cc1cnccc1-2.c1ccc(-n2c3[n+](c4nc5ncccn5c42)Cc2cnccc2-3)cc1.c1cnc2nc3c(oc4[n+]3Cc3cnccc3-4)n2c1.c1cnn2cc3c(sc4[n+]3Cc3cnccc3-4)c2c1. The number of aromatic nitrogens is 27. The molecule has 490 valence electrons. The molecule has 0 bridgehead atoms. The number of rotatable bonds is 1. The Balaban J connectivity index is 0.0000000830. The fraction of sp³-hybridized carbons (Fsp3) is 0.0946. The van der Waals surface area contributed by atoms with Crippen LogP contribution < -0.4 is 22.8 Å². The van der Waals surface area contributed by atoms with E-state index in [0.29, 0.717) is 41.0 Å². The Bertz CT molecular complexity index is 7090. The first-order chi connectivity index (χ1) is 52.1. The number of pyridine rings is 5. The van der Waals surface area contributed by atoms with Crippen molar-refractivity contribution in [2.24, 2.45) is 14.0 Å². The first kappa shape index (κ1) is 53.9. The van der Waals surface area contributed by atoms with E-state index in [1.54, 1.807) is 60.0 Å². The van der Waals surface area contributed by atoms with Gasteiger partial charge < -0.3 is 4.42 Å². The number of fused-ring (bicyclic) bond motifs is 35. The predicted octanol–water partition coefficient (Wildman–Crippen LogP) is 7.70. The first-order valence-corrected chi connectivity index (χ1v) is 33.9. The molecule has 20 aromatic heterocycles. The van der Waals surface area contributed by atoms with E-state index in [2.05, 4.69) is 158 Å². The highest BCUT2D eigenvalue weighted by Gasteiger charge is 2.40. The van der Waals surface area contributed by atoms with Crippen molar-refractivity contribution in [3.05, 3.63) is 249 Å². The number of para-hydroxylation sites is 1. The van der Waals surface area contributed by atoms with Crippen molar-refractivity contribution in [1.29, 1.82) is 0 Å². The maximum atomic E-state index is 8.00. The summed E-state index contributed by atoms with van der Waals surface area (Å²) in [6.07, 6.45) is 37.0. The zero-order chi connectivity index (χ0) is 70.2. The maximum Gasteiger partial charge on any atom is 0.392 e. The number of oxazole rings is 1. The molecule has 0 amide bonds. The van der Waals surface area contributed by atoms with E-state index in [0.717, 1.165) is 106 Å². The second-order valence-corrected chi connectivity index (χ2v) is 26.3. The molecular formula is C74H52N27OS+5. The highest BCUT2D eigenvalue weighted by molar-refractivity contribution is 7.22. The summed E-state index contributed by atoms with van der Waals surface area (Å²) in [6, 6.07) is 32.1. The van der Waals surface area contributed by atoms with Crippen LogP contribution in [0.15, 0.2) is 225 Å². The van der Waals surface area contributed by atoms with Crippen LogP contribution in [0.1, 0.15) is 31.9 Å². The molecule has 0 unspecified atom stereocenters. The minimum atomic E-state index is -2.32. The lowest BCUT2D eigenvalue weighted by atomic mass is 10.1. The number of nitrogens with zero attached hydrogens (tertiary/aromatic N) is 27. The van der Waals surface area contributed by atoms with Gasteiger partial charge in [0, 0.05) is 138 Å². The monoisotopic (exact) mass is 1370 g/mol. The van der Waals surface area contributed by atoms with E-state index < -0.39 is 6.98 Å². The van der Waals surface area contributed by atoms with Crippen molar-refractivity contribution >= 4 is 95.4 Å². The fourth-order valence-electron chi connectivity index (χ4n) is 15.3. The minimum absolute atomic E-state index is 0.486. The van der Waals surface area contributed by atoms with Gasteiger partial charge in [-0.15, -0.1) is 0 Å². The lowest BCUT2D eigenvalue weighted by Crippen LogP contribution is -2.31. The number of imidazole rings is 7. The molecule has 0 fully saturated rings. The molecule has 103 heavy (non-hydrogen) atoms. The molecule has 0 saturated carbocycles. The van der Waals surface area contributed by atoms with E-state index in [1.165, 1.54) is 64.5 Å². The molecule has 25 heterocycles. The summed E-state index contributed by atoms with van der Waals surface area (Å²) in [6.45, 7) is 1.49. The first-order valence-electron chi connectivity index (χ1n) is 34.6. The molecule has 29 heteroatoms. The topological polar surface area (TPSA) is 250 Å². The fourth-order valence-corrected chi connectivity index (χ4v) is 16.6. The van der Waals surface area contributed by atoms with Crippen LogP contribution in [-0.2, 0) is 46.7 Å². The van der Waals surface area contributed by atoms with Crippen LogP contribution in [0, 0.1) is 0 Å². The molecule has 1 aromatic carbocycles. The normalized spacial score (nSPS) is 13.5. The molecule has 0 radical (unpaired) electrons. The predicted molar refractivity (Wildman–Crippen MR) is 375 cm³/mol. The van der Waals surface area contributed by atoms with Gasteiger partial charge in [0.05, 0.1) is 83.5 Å². The Morgan fingerprint density at radius 1 is 0.466 bits per heavy atom. The van der Waals surface area contributed by atoms with Gasteiger partial charge in [0.25, 0.3) is 50.7 Å². The highest BCUT2D eigenvalue weighted by atomic mass is 32.1. The molecule has 0 aliphatic carbocycles. The number of aryl methyl sites for hydroxylation is 2. The van der Waals surface area contributed by atoms with Gasteiger partial charge in [-0.2, -0.15) is 38.0 Å². The standard InChI is InChI=1S/C19H13N6.2C14H11N6.C14H9N4S.C13H8N5O/c1-2-5-14(6-3-1)25-17-15-7-9-20-11-13(15)12-24(17)16-18(25)23-10-4-8-21-19(23)22-16;2*1-18-12-10-3-5-15-7-9(10)8-20(12)11-13(18)19-6-2-4-16-14(19)17-11;1-2-11-13-12(8-18(11)16-4-1)17-7-9-6-15-5-3-10(9)14(17)19-13;1-3-15-13-16-10-12(17(13)5-1)19-11-9-2-4-14-6-8(9)7-18(10)11/h1-11H,12H2;2*2-7H,8H2,1H3;1-6,8H,7H2;1-6H,7H2/q5*+1/i;1D3;;;. The van der Waals surface area contributed by atoms with Gasteiger partial charge in [-0.1, -0.05) is 34.5 Å². The van der Waals surface area contributed by atoms with Crippen molar-refractivity contribution in [2.45, 2.75) is 32.7 Å². The van der Waals surface area contributed by atoms with Gasteiger partial charge in [0.15, 0.2) is 6.54 Å². The number of hydrogen-bond acceptors (Lipinski definition) is 16. The molecule has 0 spiro atoms. The summed E-state index contributed by atoms with van der Waals surface area (Å²) in [5.74, 6) is 6.38. The van der Waals surface area contributed by atoms with Crippen LogP contribution >= 0.6 is 11.3 Å². The van der Waals surface area contributed by atoms with Gasteiger partial charge in [0.2, 0.25) is 23.0 Å². The van der Waals surface area contributed by atoms with E-state index in [4.69, 9.17) is 13.5 Å². The number of thiazole rings is 1. The summed E-state index contributed by atoms with van der Waals surface area (Å²) < 4.78 is 57.6. The van der Waals surface area contributed by atoms with Gasteiger partial charge in [-0.05, 0) is 78.9 Å². The molecule has 21 aromatic rings. The van der Waals surface area contributed by atoms with Crippen molar-refractivity contribution in [3.8, 4) is 61.9 Å². The number of hydrogen-bond donors (Lipinski definition) is 0. The molecule has 0 atom stereocenters. The van der Waals surface area contributed by atoms with E-state index in [-0.39, 0.29) is 0 Å². The Hall–Kier alpha value is -14.1. The minimum Gasteiger partial charge on any atom is -0.396 e. The van der Waals surface area contributed by atoms with Crippen molar-refractivity contribution in [2.75, 3.05) is 0 Å². The van der Waals surface area contributed by atoms with Gasteiger partial charge in [0.1, 0.15) is 23.1 Å². The largest absolute Gasteiger partial charge is 0.396 e. The van der Waals surface area contributed by atoms with Crippen LogP contribution in [0.2, 0.25) is 0 Å². The van der Waals surface area contributed by atoms with Crippen molar-refractivity contribution in [1.82, 2.24) is 106 Å². The summed E-state index contributed by atoms with van der Waals surface area (Å²) in [5, 5.41) is 5.69. The van der Waals surface area contributed by atoms with E-state index in [9.17, 15) is 0 Å². The van der Waals surface area contributed by atoms with Crippen LogP contribution in [0.5, 0.6) is 0 Å². The Morgan fingerprint density at radius 3 is 1.65 bits per heavy atom. The third-order valence-electron chi connectivity index (χ3n) is 19.7. The molecule has 0 N–H and O–H groups in total. The van der Waals surface area contributed by atoms with Crippen LogP contribution in [-0.4, -0.2) is 106 Å². The number of benzene rings is 1.